The van der Waals surface area contributed by atoms with E-state index in [9.17, 15) is 9.59 Å². The molecule has 0 aliphatic carbocycles. The van der Waals surface area contributed by atoms with Gasteiger partial charge in [-0.25, -0.2) is 4.98 Å². The van der Waals surface area contributed by atoms with E-state index in [-0.39, 0.29) is 17.6 Å². The van der Waals surface area contributed by atoms with Crippen LogP contribution in [0.3, 0.4) is 0 Å². The third-order valence-electron chi connectivity index (χ3n) is 3.47. The average molecular weight is 316 g/mol. The van der Waals surface area contributed by atoms with Crippen LogP contribution >= 0.6 is 0 Å². The molecule has 0 atom stereocenters. The van der Waals surface area contributed by atoms with E-state index in [1.807, 2.05) is 4.90 Å². The largest absolute Gasteiger partial charge is 0.348 e. The van der Waals surface area contributed by atoms with Gasteiger partial charge in [-0.1, -0.05) is 5.16 Å². The van der Waals surface area contributed by atoms with Gasteiger partial charge in [-0.3, -0.25) is 14.6 Å². The van der Waals surface area contributed by atoms with E-state index in [1.54, 1.807) is 0 Å². The number of aromatic nitrogens is 4. The van der Waals surface area contributed by atoms with Crippen LogP contribution in [0.25, 0.3) is 11.5 Å². The smallest absolute Gasteiger partial charge is 0.316 e. The Morgan fingerprint density at radius 2 is 2.30 bits per heavy atom. The molecule has 0 saturated carbocycles. The fourth-order valence-corrected chi connectivity index (χ4v) is 2.32. The predicted octanol–water partition coefficient (Wildman–Crippen LogP) is 0.269. The van der Waals surface area contributed by atoms with E-state index < -0.39 is 5.91 Å². The number of hydrogen-bond acceptors (Lipinski definition) is 7. The molecule has 0 unspecified atom stereocenters. The summed E-state index contributed by atoms with van der Waals surface area (Å²) in [5, 5.41) is 6.40. The third-order valence-corrected chi connectivity index (χ3v) is 3.47. The number of carbonyl (C=O) groups is 2. The van der Waals surface area contributed by atoms with Crippen LogP contribution in [0.2, 0.25) is 0 Å². The number of nitrogens with zero attached hydrogens (tertiary/aromatic N) is 5. The summed E-state index contributed by atoms with van der Waals surface area (Å²) in [5.41, 5.74) is 0.433. The first-order valence-corrected chi connectivity index (χ1v) is 7.40. The Morgan fingerprint density at radius 3 is 3.04 bits per heavy atom. The van der Waals surface area contributed by atoms with E-state index in [2.05, 4.69) is 25.4 Å². The van der Waals surface area contributed by atoms with Gasteiger partial charge < -0.3 is 14.7 Å². The Morgan fingerprint density at radius 1 is 1.39 bits per heavy atom. The van der Waals surface area contributed by atoms with Gasteiger partial charge in [0.1, 0.15) is 5.69 Å². The second-order valence-electron chi connectivity index (χ2n) is 5.11. The molecule has 23 heavy (non-hydrogen) atoms. The summed E-state index contributed by atoms with van der Waals surface area (Å²) in [6, 6.07) is 0. The first-order valence-electron chi connectivity index (χ1n) is 7.40. The van der Waals surface area contributed by atoms with Gasteiger partial charge in [0.25, 0.3) is 0 Å². The zero-order valence-corrected chi connectivity index (χ0v) is 12.4. The van der Waals surface area contributed by atoms with Crippen molar-refractivity contribution in [2.75, 3.05) is 19.6 Å². The predicted molar refractivity (Wildman–Crippen MR) is 78.1 cm³/mol. The van der Waals surface area contributed by atoms with Gasteiger partial charge in [0.05, 0.1) is 6.20 Å². The van der Waals surface area contributed by atoms with Crippen LogP contribution < -0.4 is 5.32 Å². The summed E-state index contributed by atoms with van der Waals surface area (Å²) in [6.45, 7) is 1.89. The summed E-state index contributed by atoms with van der Waals surface area (Å²) in [7, 11) is 0. The molecule has 2 aromatic rings. The van der Waals surface area contributed by atoms with Crippen molar-refractivity contribution in [1.82, 2.24) is 30.3 Å². The fraction of sp³-hybridized carbons (Fsp3) is 0.429. The summed E-state index contributed by atoms with van der Waals surface area (Å²) in [6.07, 6.45) is 6.74. The normalized spacial score (nSPS) is 14.3. The number of amides is 2. The zero-order chi connectivity index (χ0) is 16.1. The Kier molecular flexibility index (Phi) is 4.55. The monoisotopic (exact) mass is 316 g/mol. The molecule has 1 aliphatic rings. The van der Waals surface area contributed by atoms with E-state index >= 15 is 0 Å². The molecule has 2 amide bonds. The molecule has 9 nitrogen and oxygen atoms in total. The Balaban J connectivity index is 1.47. The quantitative estimate of drug-likeness (QED) is 0.761. The lowest BCUT2D eigenvalue weighted by atomic mass is 10.4. The summed E-state index contributed by atoms with van der Waals surface area (Å²) in [4.78, 5) is 37.1. The second-order valence-corrected chi connectivity index (χ2v) is 5.11. The van der Waals surface area contributed by atoms with Crippen molar-refractivity contribution in [2.45, 2.75) is 19.3 Å². The molecule has 0 bridgehead atoms. The molecule has 1 aliphatic heterocycles. The highest BCUT2D eigenvalue weighted by Gasteiger charge is 2.20. The van der Waals surface area contributed by atoms with Crippen molar-refractivity contribution in [1.29, 1.82) is 0 Å². The summed E-state index contributed by atoms with van der Waals surface area (Å²) >= 11 is 0. The maximum absolute atomic E-state index is 11.9. The van der Waals surface area contributed by atoms with Crippen molar-refractivity contribution in [3.63, 3.8) is 0 Å². The average Bonchev–Trinajstić information content (AvgIpc) is 3.22. The standard InChI is InChI=1S/C14H16N6O3/c21-11-3-1-7-20(11)8-2-4-17-13(22)14-18-12(19-23-14)10-9-15-5-6-16-10/h5-6,9H,1-4,7-8H2,(H,17,22). The lowest BCUT2D eigenvalue weighted by Crippen LogP contribution is -2.30. The lowest BCUT2D eigenvalue weighted by Gasteiger charge is -2.14. The molecule has 0 spiro atoms. The van der Waals surface area contributed by atoms with Gasteiger partial charge in [0, 0.05) is 38.4 Å². The Labute approximate surface area is 132 Å². The number of carbonyl (C=O) groups excluding carboxylic acids is 2. The van der Waals surface area contributed by atoms with E-state index in [0.717, 1.165) is 13.0 Å². The lowest BCUT2D eigenvalue weighted by molar-refractivity contribution is -0.127. The SMILES string of the molecule is O=C(NCCCN1CCCC1=O)c1nc(-c2cnccn2)no1. The van der Waals surface area contributed by atoms with Crippen molar-refractivity contribution in [2.24, 2.45) is 0 Å². The van der Waals surface area contributed by atoms with Gasteiger partial charge in [-0.15, -0.1) is 0 Å². The Bertz CT molecular complexity index is 687. The van der Waals surface area contributed by atoms with Crippen molar-refractivity contribution < 1.29 is 14.1 Å². The first kappa shape index (κ1) is 15.1. The van der Waals surface area contributed by atoms with Crippen LogP contribution in [0.15, 0.2) is 23.1 Å². The minimum atomic E-state index is -0.444. The maximum atomic E-state index is 11.9. The molecule has 3 heterocycles. The highest BCUT2D eigenvalue weighted by Crippen LogP contribution is 2.11. The molecule has 0 aromatic carbocycles. The van der Waals surface area contributed by atoms with Gasteiger partial charge in [-0.05, 0) is 12.8 Å². The van der Waals surface area contributed by atoms with Gasteiger partial charge in [0.15, 0.2) is 0 Å². The van der Waals surface area contributed by atoms with Crippen molar-refractivity contribution in [3.8, 4) is 11.5 Å². The highest BCUT2D eigenvalue weighted by atomic mass is 16.5. The molecule has 0 radical (unpaired) electrons. The summed E-state index contributed by atoms with van der Waals surface area (Å²) < 4.78 is 4.92. The summed E-state index contributed by atoms with van der Waals surface area (Å²) in [5.74, 6) is -0.170. The number of nitrogens with one attached hydrogen (secondary N) is 1. The Hall–Kier alpha value is -2.84. The molecule has 3 rings (SSSR count). The molecule has 1 N–H and O–H groups in total. The van der Waals surface area contributed by atoms with Gasteiger partial charge in [-0.2, -0.15) is 4.98 Å². The van der Waals surface area contributed by atoms with E-state index in [0.29, 0.717) is 31.6 Å². The third kappa shape index (κ3) is 3.68. The number of likely N-dealkylation sites (tertiary alicyclic amines) is 1. The minimum Gasteiger partial charge on any atom is -0.348 e. The molecule has 2 aromatic heterocycles. The zero-order valence-electron chi connectivity index (χ0n) is 12.4. The molecule has 120 valence electrons. The van der Waals surface area contributed by atoms with Crippen LogP contribution in [0.4, 0.5) is 0 Å². The fourth-order valence-electron chi connectivity index (χ4n) is 2.32. The molecular weight excluding hydrogens is 300 g/mol. The van der Waals surface area contributed by atoms with E-state index in [1.165, 1.54) is 18.6 Å². The van der Waals surface area contributed by atoms with Crippen LogP contribution in [-0.4, -0.2) is 56.5 Å². The topological polar surface area (TPSA) is 114 Å². The van der Waals surface area contributed by atoms with Crippen LogP contribution in [0.1, 0.15) is 29.9 Å². The second kappa shape index (κ2) is 6.95. The molecule has 1 saturated heterocycles. The minimum absolute atomic E-state index is 0.122. The van der Waals surface area contributed by atoms with Crippen LogP contribution in [0, 0.1) is 0 Å². The first-order chi connectivity index (χ1) is 11.2. The van der Waals surface area contributed by atoms with Crippen molar-refractivity contribution in [3.05, 3.63) is 24.5 Å². The van der Waals surface area contributed by atoms with E-state index in [4.69, 9.17) is 4.52 Å². The molecule has 1 fully saturated rings. The number of rotatable bonds is 6. The van der Waals surface area contributed by atoms with Gasteiger partial charge >= 0.3 is 11.8 Å². The van der Waals surface area contributed by atoms with Gasteiger partial charge in [0.2, 0.25) is 11.7 Å². The molecular formula is C14H16N6O3. The van der Waals surface area contributed by atoms with Crippen LogP contribution in [-0.2, 0) is 4.79 Å². The van der Waals surface area contributed by atoms with Crippen molar-refractivity contribution >= 4 is 11.8 Å². The van der Waals surface area contributed by atoms with Crippen LogP contribution in [0.5, 0.6) is 0 Å². The number of hydrogen-bond donors (Lipinski definition) is 1. The molecule has 9 heteroatoms. The highest BCUT2D eigenvalue weighted by molar-refractivity contribution is 5.89. The maximum Gasteiger partial charge on any atom is 0.316 e.